The van der Waals surface area contributed by atoms with E-state index in [1.54, 1.807) is 11.3 Å². The van der Waals surface area contributed by atoms with Crippen molar-refractivity contribution in [2.75, 3.05) is 13.2 Å². The van der Waals surface area contributed by atoms with Crippen molar-refractivity contribution in [1.29, 1.82) is 0 Å². The van der Waals surface area contributed by atoms with Gasteiger partial charge in [-0.3, -0.25) is 4.98 Å². The normalized spacial score (nSPS) is 15.6. The van der Waals surface area contributed by atoms with E-state index in [0.29, 0.717) is 12.0 Å². The van der Waals surface area contributed by atoms with Crippen LogP contribution in [-0.2, 0) is 0 Å². The highest BCUT2D eigenvalue weighted by Gasteiger charge is 2.07. The summed E-state index contributed by atoms with van der Waals surface area (Å²) in [7, 11) is 0. The zero-order valence-electron chi connectivity index (χ0n) is 8.03. The molecule has 13 heavy (non-hydrogen) atoms. The molecule has 2 atom stereocenters. The summed E-state index contributed by atoms with van der Waals surface area (Å²) in [5.74, 6) is 0.315. The van der Waals surface area contributed by atoms with Crippen molar-refractivity contribution in [2.45, 2.75) is 19.9 Å². The summed E-state index contributed by atoms with van der Waals surface area (Å²) in [6.07, 6.45) is 1.88. The van der Waals surface area contributed by atoms with Gasteiger partial charge < -0.3 is 10.4 Å². The lowest BCUT2D eigenvalue weighted by Crippen LogP contribution is -2.25. The van der Waals surface area contributed by atoms with Gasteiger partial charge in [-0.25, -0.2) is 0 Å². The summed E-state index contributed by atoms with van der Waals surface area (Å²) >= 11 is 1.65. The molecule has 0 saturated heterocycles. The molecule has 0 aliphatic heterocycles. The van der Waals surface area contributed by atoms with Crippen molar-refractivity contribution >= 4 is 11.3 Å². The molecule has 0 radical (unpaired) electrons. The number of rotatable bonds is 5. The smallest absolute Gasteiger partial charge is 0.0794 e. The molecule has 0 saturated carbocycles. The predicted octanol–water partition coefficient (Wildman–Crippen LogP) is 1.42. The minimum absolute atomic E-state index is 0.239. The highest BCUT2D eigenvalue weighted by atomic mass is 32.1. The van der Waals surface area contributed by atoms with Crippen LogP contribution >= 0.6 is 11.3 Å². The third kappa shape index (κ3) is 3.42. The SMILES string of the molecule is CC(CO)CNC(C)c1cncs1. The van der Waals surface area contributed by atoms with Gasteiger partial charge >= 0.3 is 0 Å². The zero-order valence-corrected chi connectivity index (χ0v) is 8.84. The van der Waals surface area contributed by atoms with Gasteiger partial charge in [-0.15, -0.1) is 11.3 Å². The fourth-order valence-electron chi connectivity index (χ4n) is 0.983. The second-order valence-corrected chi connectivity index (χ2v) is 4.24. The Morgan fingerprint density at radius 2 is 2.38 bits per heavy atom. The fourth-order valence-corrected chi connectivity index (χ4v) is 1.64. The molecular weight excluding hydrogens is 184 g/mol. The quantitative estimate of drug-likeness (QED) is 0.755. The Morgan fingerprint density at radius 1 is 1.62 bits per heavy atom. The Kier molecular flexibility index (Phi) is 4.35. The van der Waals surface area contributed by atoms with E-state index in [1.807, 2.05) is 18.6 Å². The largest absolute Gasteiger partial charge is 0.396 e. The lowest BCUT2D eigenvalue weighted by Gasteiger charge is -2.14. The number of thiazole rings is 1. The number of aromatic nitrogens is 1. The molecule has 4 heteroatoms. The van der Waals surface area contributed by atoms with Gasteiger partial charge in [-0.05, 0) is 12.8 Å². The van der Waals surface area contributed by atoms with Crippen LogP contribution in [0.3, 0.4) is 0 Å². The Labute approximate surface area is 82.8 Å². The molecule has 3 nitrogen and oxygen atoms in total. The molecule has 74 valence electrons. The average molecular weight is 200 g/mol. The van der Waals surface area contributed by atoms with Crippen molar-refractivity contribution in [3.8, 4) is 0 Å². The molecule has 0 spiro atoms. The Hall–Kier alpha value is -0.450. The first-order chi connectivity index (χ1) is 6.24. The van der Waals surface area contributed by atoms with E-state index < -0.39 is 0 Å². The van der Waals surface area contributed by atoms with Gasteiger partial charge in [0.1, 0.15) is 0 Å². The molecule has 1 heterocycles. The van der Waals surface area contributed by atoms with Crippen molar-refractivity contribution in [3.05, 3.63) is 16.6 Å². The summed E-state index contributed by atoms with van der Waals surface area (Å²) < 4.78 is 0. The van der Waals surface area contributed by atoms with Crippen LogP contribution in [-0.4, -0.2) is 23.2 Å². The van der Waals surface area contributed by atoms with Gasteiger partial charge in [-0.1, -0.05) is 6.92 Å². The maximum atomic E-state index is 8.83. The second-order valence-electron chi connectivity index (χ2n) is 3.32. The van der Waals surface area contributed by atoms with E-state index in [-0.39, 0.29) is 6.61 Å². The van der Waals surface area contributed by atoms with Crippen LogP contribution in [0.1, 0.15) is 24.8 Å². The highest BCUT2D eigenvalue weighted by Crippen LogP contribution is 2.16. The first-order valence-corrected chi connectivity index (χ1v) is 5.34. The van der Waals surface area contributed by atoms with Crippen LogP contribution in [0.15, 0.2) is 11.7 Å². The third-order valence-electron chi connectivity index (χ3n) is 1.96. The monoisotopic (exact) mass is 200 g/mol. The molecule has 0 fully saturated rings. The Morgan fingerprint density at radius 3 is 2.92 bits per heavy atom. The molecule has 1 rings (SSSR count). The molecule has 0 aromatic carbocycles. The van der Waals surface area contributed by atoms with Crippen LogP contribution in [0.25, 0.3) is 0 Å². The summed E-state index contributed by atoms with van der Waals surface area (Å²) in [4.78, 5) is 5.26. The topological polar surface area (TPSA) is 45.1 Å². The van der Waals surface area contributed by atoms with Crippen LogP contribution in [0.2, 0.25) is 0 Å². The molecule has 2 unspecified atom stereocenters. The summed E-state index contributed by atoms with van der Waals surface area (Å²) in [6, 6.07) is 0.335. The summed E-state index contributed by atoms with van der Waals surface area (Å²) in [5, 5.41) is 12.2. The van der Waals surface area contributed by atoms with E-state index in [2.05, 4.69) is 17.2 Å². The number of nitrogens with one attached hydrogen (secondary N) is 1. The van der Waals surface area contributed by atoms with Gasteiger partial charge in [0.2, 0.25) is 0 Å². The Balaban J connectivity index is 2.30. The lowest BCUT2D eigenvalue weighted by molar-refractivity contribution is 0.231. The van der Waals surface area contributed by atoms with Crippen LogP contribution < -0.4 is 5.32 Å². The number of nitrogens with zero attached hydrogens (tertiary/aromatic N) is 1. The second kappa shape index (κ2) is 5.32. The number of aliphatic hydroxyl groups is 1. The van der Waals surface area contributed by atoms with Crippen molar-refractivity contribution in [2.24, 2.45) is 5.92 Å². The zero-order chi connectivity index (χ0) is 9.68. The van der Waals surface area contributed by atoms with E-state index in [1.165, 1.54) is 4.88 Å². The molecule has 0 bridgehead atoms. The molecule has 2 N–H and O–H groups in total. The molecular formula is C9H16N2OS. The van der Waals surface area contributed by atoms with Gasteiger partial charge in [-0.2, -0.15) is 0 Å². The minimum Gasteiger partial charge on any atom is -0.396 e. The molecule has 1 aromatic rings. The van der Waals surface area contributed by atoms with Crippen molar-refractivity contribution in [1.82, 2.24) is 10.3 Å². The first-order valence-electron chi connectivity index (χ1n) is 4.46. The predicted molar refractivity (Wildman–Crippen MR) is 54.8 cm³/mol. The maximum absolute atomic E-state index is 8.83. The van der Waals surface area contributed by atoms with Gasteiger partial charge in [0, 0.05) is 30.3 Å². The third-order valence-corrected chi connectivity index (χ3v) is 2.92. The standard InChI is InChI=1S/C9H16N2OS/c1-7(5-12)3-11-8(2)9-4-10-6-13-9/h4,6-8,11-12H,3,5H2,1-2H3. The van der Waals surface area contributed by atoms with E-state index in [9.17, 15) is 0 Å². The molecule has 1 aromatic heterocycles. The summed E-state index contributed by atoms with van der Waals surface area (Å²) in [5.41, 5.74) is 1.84. The number of hydrogen-bond acceptors (Lipinski definition) is 4. The first kappa shape index (κ1) is 10.6. The van der Waals surface area contributed by atoms with E-state index >= 15 is 0 Å². The van der Waals surface area contributed by atoms with Gasteiger partial charge in [0.25, 0.3) is 0 Å². The van der Waals surface area contributed by atoms with Crippen LogP contribution in [0, 0.1) is 5.92 Å². The molecule has 0 aliphatic rings. The minimum atomic E-state index is 0.239. The van der Waals surface area contributed by atoms with Gasteiger partial charge in [0.15, 0.2) is 0 Å². The molecule has 0 amide bonds. The fraction of sp³-hybridized carbons (Fsp3) is 0.667. The highest BCUT2D eigenvalue weighted by molar-refractivity contribution is 7.09. The molecule has 0 aliphatic carbocycles. The van der Waals surface area contributed by atoms with Crippen LogP contribution in [0.5, 0.6) is 0 Å². The summed E-state index contributed by atoms with van der Waals surface area (Å²) in [6.45, 7) is 5.21. The number of hydrogen-bond donors (Lipinski definition) is 2. The van der Waals surface area contributed by atoms with Crippen molar-refractivity contribution in [3.63, 3.8) is 0 Å². The number of aliphatic hydroxyl groups excluding tert-OH is 1. The lowest BCUT2D eigenvalue weighted by atomic mass is 10.2. The Bertz CT molecular complexity index is 226. The maximum Gasteiger partial charge on any atom is 0.0794 e. The van der Waals surface area contributed by atoms with Gasteiger partial charge in [0.05, 0.1) is 5.51 Å². The van der Waals surface area contributed by atoms with E-state index in [4.69, 9.17) is 5.11 Å². The van der Waals surface area contributed by atoms with Crippen molar-refractivity contribution < 1.29 is 5.11 Å². The van der Waals surface area contributed by atoms with E-state index in [0.717, 1.165) is 6.54 Å². The average Bonchev–Trinajstić information content (AvgIpc) is 2.66. The van der Waals surface area contributed by atoms with Crippen LogP contribution in [0.4, 0.5) is 0 Å².